The van der Waals surface area contributed by atoms with E-state index in [4.69, 9.17) is 32.7 Å². The second-order valence-electron chi connectivity index (χ2n) is 8.07. The Morgan fingerprint density at radius 2 is 1.70 bits per heavy atom. The SMILES string of the molecule is CC(C)C(C(=O)OC(C#N)(Oc1ccccc1)c1cc2ccccc2cn1)C(C)C=C(Cl)Cl. The Kier molecular flexibility index (Phi) is 7.97. The molecule has 1 aromatic heterocycles. The van der Waals surface area contributed by atoms with Crippen molar-refractivity contribution in [1.82, 2.24) is 4.98 Å². The monoisotopic (exact) mass is 482 g/mol. The van der Waals surface area contributed by atoms with Crippen LogP contribution in [0.15, 0.2) is 77.4 Å². The average Bonchev–Trinajstić information content (AvgIpc) is 2.78. The van der Waals surface area contributed by atoms with E-state index in [1.807, 2.05) is 51.1 Å². The smallest absolute Gasteiger partial charge is 0.390 e. The number of rotatable bonds is 8. The summed E-state index contributed by atoms with van der Waals surface area (Å²) in [5, 5.41) is 12.0. The fourth-order valence-corrected chi connectivity index (χ4v) is 4.15. The lowest BCUT2D eigenvalue weighted by atomic mass is 9.84. The fourth-order valence-electron chi connectivity index (χ4n) is 3.75. The minimum Gasteiger partial charge on any atom is -0.436 e. The molecule has 0 amide bonds. The molecule has 0 fully saturated rings. The number of fused-ring (bicyclic) bond motifs is 1. The van der Waals surface area contributed by atoms with Crippen molar-refractivity contribution in [2.45, 2.75) is 26.6 Å². The number of hydrogen-bond donors (Lipinski definition) is 0. The lowest BCUT2D eigenvalue weighted by Gasteiger charge is -2.31. The van der Waals surface area contributed by atoms with Gasteiger partial charge in [0.1, 0.15) is 15.9 Å². The van der Waals surface area contributed by atoms with Crippen LogP contribution in [0.2, 0.25) is 0 Å². The Bertz CT molecular complexity index is 1190. The molecule has 0 aliphatic carbocycles. The summed E-state index contributed by atoms with van der Waals surface area (Å²) >= 11 is 11.7. The molecule has 7 heteroatoms. The highest BCUT2D eigenvalue weighted by atomic mass is 35.5. The third-order valence-electron chi connectivity index (χ3n) is 5.31. The van der Waals surface area contributed by atoms with Gasteiger partial charge in [-0.05, 0) is 35.4 Å². The van der Waals surface area contributed by atoms with Crippen molar-refractivity contribution >= 4 is 39.9 Å². The largest absolute Gasteiger partial charge is 0.436 e. The maximum absolute atomic E-state index is 13.4. The van der Waals surface area contributed by atoms with Gasteiger partial charge in [0.25, 0.3) is 0 Å². The molecule has 0 aliphatic heterocycles. The summed E-state index contributed by atoms with van der Waals surface area (Å²) in [6.45, 7) is 5.59. The van der Waals surface area contributed by atoms with Gasteiger partial charge in [-0.25, -0.2) is 0 Å². The first-order valence-corrected chi connectivity index (χ1v) is 11.3. The number of ether oxygens (including phenoxy) is 2. The molecule has 0 saturated carbocycles. The van der Waals surface area contributed by atoms with Gasteiger partial charge in [0.15, 0.2) is 6.07 Å². The number of aromatic nitrogens is 1. The van der Waals surface area contributed by atoms with E-state index < -0.39 is 17.7 Å². The highest BCUT2D eigenvalue weighted by Crippen LogP contribution is 2.34. The van der Waals surface area contributed by atoms with Crippen molar-refractivity contribution in [1.29, 1.82) is 5.26 Å². The van der Waals surface area contributed by atoms with E-state index >= 15 is 0 Å². The van der Waals surface area contributed by atoms with Crippen molar-refractivity contribution in [3.8, 4) is 11.8 Å². The number of benzene rings is 2. The summed E-state index contributed by atoms with van der Waals surface area (Å²) in [6.07, 6.45) is 3.20. The van der Waals surface area contributed by atoms with Gasteiger partial charge < -0.3 is 9.47 Å². The number of para-hydroxylation sites is 1. The normalized spacial score (nSPS) is 14.6. The zero-order valence-electron chi connectivity index (χ0n) is 18.5. The predicted molar refractivity (Wildman–Crippen MR) is 129 cm³/mol. The molecule has 2 aromatic carbocycles. The Balaban J connectivity index is 2.08. The van der Waals surface area contributed by atoms with E-state index in [-0.39, 0.29) is 22.0 Å². The van der Waals surface area contributed by atoms with Crippen LogP contribution >= 0.6 is 23.2 Å². The molecule has 3 unspecified atom stereocenters. The van der Waals surface area contributed by atoms with Crippen LogP contribution in [0.25, 0.3) is 10.8 Å². The predicted octanol–water partition coefficient (Wildman–Crippen LogP) is 6.76. The van der Waals surface area contributed by atoms with Gasteiger partial charge in [-0.1, -0.05) is 92.5 Å². The minimum absolute atomic E-state index is 0.0595. The lowest BCUT2D eigenvalue weighted by Crippen LogP contribution is -2.41. The Morgan fingerprint density at radius 3 is 2.30 bits per heavy atom. The molecule has 3 rings (SSSR count). The molecule has 3 atom stereocenters. The maximum atomic E-state index is 13.4. The molecule has 0 spiro atoms. The Labute approximate surface area is 203 Å². The van der Waals surface area contributed by atoms with E-state index in [9.17, 15) is 10.1 Å². The number of nitriles is 1. The third kappa shape index (κ3) is 5.84. The van der Waals surface area contributed by atoms with Crippen molar-refractivity contribution < 1.29 is 14.3 Å². The number of carbonyl (C=O) groups excluding carboxylic acids is 1. The number of halogens is 2. The van der Waals surface area contributed by atoms with Gasteiger partial charge in [-0.2, -0.15) is 5.26 Å². The first kappa shape index (κ1) is 24.6. The van der Waals surface area contributed by atoms with Crippen LogP contribution in [-0.4, -0.2) is 11.0 Å². The molecule has 0 saturated heterocycles. The van der Waals surface area contributed by atoms with Crippen LogP contribution in [0, 0.1) is 29.1 Å². The molecular weight excluding hydrogens is 459 g/mol. The van der Waals surface area contributed by atoms with Crippen molar-refractivity contribution in [3.63, 3.8) is 0 Å². The van der Waals surface area contributed by atoms with Crippen LogP contribution in [0.3, 0.4) is 0 Å². The van der Waals surface area contributed by atoms with Gasteiger partial charge in [-0.15, -0.1) is 0 Å². The number of allylic oxidation sites excluding steroid dienone is 1. The van der Waals surface area contributed by atoms with Crippen molar-refractivity contribution in [3.05, 3.63) is 83.1 Å². The molecule has 0 radical (unpaired) electrons. The first-order chi connectivity index (χ1) is 15.8. The second-order valence-corrected chi connectivity index (χ2v) is 9.07. The van der Waals surface area contributed by atoms with Crippen LogP contribution in [-0.2, 0) is 15.3 Å². The van der Waals surface area contributed by atoms with Gasteiger partial charge in [0, 0.05) is 11.6 Å². The standard InChI is InChI=1S/C26H24Cl2N2O3/c1-17(2)24(18(3)13-23(27)28)25(31)33-26(16-29,32-21-11-5-4-6-12-21)22-14-19-9-7-8-10-20(19)15-30-22/h4-15,17-18,24H,1-3H3. The summed E-state index contributed by atoms with van der Waals surface area (Å²) < 4.78 is 11.9. The Hall–Kier alpha value is -3.07. The van der Waals surface area contributed by atoms with E-state index in [1.165, 1.54) is 0 Å². The van der Waals surface area contributed by atoms with Gasteiger partial charge >= 0.3 is 11.8 Å². The quantitative estimate of drug-likeness (QED) is 0.262. The lowest BCUT2D eigenvalue weighted by molar-refractivity contribution is -0.192. The summed E-state index contributed by atoms with van der Waals surface area (Å²) in [5.74, 6) is -3.42. The number of hydrogen-bond acceptors (Lipinski definition) is 5. The zero-order chi connectivity index (χ0) is 24.0. The van der Waals surface area contributed by atoms with Gasteiger partial charge in [0.05, 0.1) is 5.92 Å². The first-order valence-electron chi connectivity index (χ1n) is 10.5. The highest BCUT2D eigenvalue weighted by Gasteiger charge is 2.44. The number of nitrogens with zero attached hydrogens (tertiary/aromatic N) is 2. The molecule has 0 N–H and O–H groups in total. The van der Waals surface area contributed by atoms with Crippen molar-refractivity contribution in [2.75, 3.05) is 0 Å². The number of carbonyl (C=O) groups is 1. The number of esters is 1. The van der Waals surface area contributed by atoms with Crippen LogP contribution in [0.1, 0.15) is 26.5 Å². The zero-order valence-corrected chi connectivity index (χ0v) is 20.0. The third-order valence-corrected chi connectivity index (χ3v) is 5.56. The molecule has 1 heterocycles. The van der Waals surface area contributed by atoms with E-state index in [0.29, 0.717) is 5.75 Å². The minimum atomic E-state index is -2.09. The summed E-state index contributed by atoms with van der Waals surface area (Å²) in [7, 11) is 0. The molecule has 170 valence electrons. The van der Waals surface area contributed by atoms with Crippen molar-refractivity contribution in [2.24, 2.45) is 17.8 Å². The van der Waals surface area contributed by atoms with Crippen LogP contribution in [0.5, 0.6) is 5.75 Å². The summed E-state index contributed by atoms with van der Waals surface area (Å²) in [5.41, 5.74) is 0.169. The molecule has 0 aliphatic rings. The van der Waals surface area contributed by atoms with Crippen LogP contribution < -0.4 is 4.74 Å². The molecule has 3 aromatic rings. The van der Waals surface area contributed by atoms with E-state index in [0.717, 1.165) is 10.8 Å². The molecule has 33 heavy (non-hydrogen) atoms. The summed E-state index contributed by atoms with van der Waals surface area (Å²) in [6, 6.07) is 20.0. The molecule has 0 bridgehead atoms. The average molecular weight is 483 g/mol. The highest BCUT2D eigenvalue weighted by molar-refractivity contribution is 6.55. The fraction of sp³-hybridized carbons (Fsp3) is 0.269. The van der Waals surface area contributed by atoms with Gasteiger partial charge in [-0.3, -0.25) is 9.78 Å². The molecular formula is C26H24Cl2N2O3. The topological polar surface area (TPSA) is 72.2 Å². The maximum Gasteiger partial charge on any atom is 0.390 e. The van der Waals surface area contributed by atoms with E-state index in [1.54, 1.807) is 42.6 Å². The molecule has 5 nitrogen and oxygen atoms in total. The van der Waals surface area contributed by atoms with Gasteiger partial charge in [0.2, 0.25) is 0 Å². The van der Waals surface area contributed by atoms with Crippen LogP contribution in [0.4, 0.5) is 0 Å². The summed E-state index contributed by atoms with van der Waals surface area (Å²) in [4.78, 5) is 17.8. The van der Waals surface area contributed by atoms with E-state index in [2.05, 4.69) is 11.1 Å². The number of pyridine rings is 1. The second kappa shape index (κ2) is 10.7. The Morgan fingerprint density at radius 1 is 1.06 bits per heavy atom.